The van der Waals surface area contributed by atoms with Crippen LogP contribution in [0.3, 0.4) is 0 Å². The van der Waals surface area contributed by atoms with Gasteiger partial charge in [-0.15, -0.1) is 0 Å². The van der Waals surface area contributed by atoms with Crippen LogP contribution in [0, 0.1) is 5.92 Å². The summed E-state index contributed by atoms with van der Waals surface area (Å²) in [6.07, 6.45) is 0.181. The van der Waals surface area contributed by atoms with Crippen LogP contribution in [0.15, 0.2) is 24.3 Å². The van der Waals surface area contributed by atoms with Gasteiger partial charge in [-0.25, -0.2) is 4.79 Å². The molecule has 3 amide bonds. The van der Waals surface area contributed by atoms with Crippen LogP contribution < -0.4 is 26.8 Å². The number of carboxylic acids is 1. The maximum absolute atomic E-state index is 12.7. The highest BCUT2D eigenvalue weighted by Crippen LogP contribution is 2.19. The molecule has 0 spiro atoms. The van der Waals surface area contributed by atoms with Gasteiger partial charge in [0.15, 0.2) is 0 Å². The first kappa shape index (κ1) is 28.9. The van der Waals surface area contributed by atoms with Crippen molar-refractivity contribution in [2.75, 3.05) is 0 Å². The molecule has 0 saturated heterocycles. The lowest BCUT2D eigenvalue weighted by Gasteiger charge is -2.23. The third-order valence-corrected chi connectivity index (χ3v) is 4.77. The number of rotatable bonds is 13. The number of ether oxygens (including phenoxy) is 1. The second-order valence-electron chi connectivity index (χ2n) is 9.76. The summed E-state index contributed by atoms with van der Waals surface area (Å²) in [4.78, 5) is 48.1. The Morgan fingerprint density at radius 1 is 1.00 bits per heavy atom. The number of amides is 3. The molecule has 1 aromatic carbocycles. The van der Waals surface area contributed by atoms with Crippen molar-refractivity contribution < 1.29 is 29.0 Å². The number of hydrogen-bond donors (Lipinski definition) is 5. The van der Waals surface area contributed by atoms with Crippen LogP contribution in [-0.2, 0) is 25.6 Å². The van der Waals surface area contributed by atoms with E-state index in [1.165, 1.54) is 0 Å². The van der Waals surface area contributed by atoms with E-state index in [1.807, 2.05) is 34.6 Å². The highest BCUT2D eigenvalue weighted by molar-refractivity contribution is 5.92. The minimum absolute atomic E-state index is 0.0219. The monoisotopic (exact) mass is 478 g/mol. The zero-order chi connectivity index (χ0) is 26.1. The van der Waals surface area contributed by atoms with Crippen LogP contribution in [-0.4, -0.2) is 52.5 Å². The summed E-state index contributed by atoms with van der Waals surface area (Å²) in [5.74, 6) is -2.43. The fraction of sp³-hybridized carbons (Fsp3) is 0.583. The Hall–Kier alpha value is -3.14. The van der Waals surface area contributed by atoms with Crippen LogP contribution in [0.2, 0.25) is 0 Å². The SMILES string of the molecule is CC(C)C[C@H](NC(=O)[C@H](CCC(N)=O)NC(=O)[C@@H](N)Cc1ccc(OC(C)(C)C)cc1)C(=O)O. The van der Waals surface area contributed by atoms with Crippen LogP contribution >= 0.6 is 0 Å². The lowest BCUT2D eigenvalue weighted by molar-refractivity contribution is -0.142. The van der Waals surface area contributed by atoms with Gasteiger partial charge in [0.1, 0.15) is 23.4 Å². The first-order valence-electron chi connectivity index (χ1n) is 11.3. The Morgan fingerprint density at radius 2 is 1.56 bits per heavy atom. The maximum atomic E-state index is 12.7. The summed E-state index contributed by atoms with van der Waals surface area (Å²) in [6, 6.07) is 3.93. The Labute approximate surface area is 200 Å². The average Bonchev–Trinajstić information content (AvgIpc) is 2.70. The van der Waals surface area contributed by atoms with E-state index < -0.39 is 41.8 Å². The molecule has 0 aromatic heterocycles. The number of carboxylic acid groups (broad SMARTS) is 1. The summed E-state index contributed by atoms with van der Waals surface area (Å²) < 4.78 is 5.77. The summed E-state index contributed by atoms with van der Waals surface area (Å²) in [5.41, 5.74) is 11.7. The molecule has 0 heterocycles. The third kappa shape index (κ3) is 11.1. The maximum Gasteiger partial charge on any atom is 0.326 e. The van der Waals surface area contributed by atoms with E-state index in [0.29, 0.717) is 5.75 Å². The van der Waals surface area contributed by atoms with Gasteiger partial charge >= 0.3 is 5.97 Å². The van der Waals surface area contributed by atoms with Gasteiger partial charge in [-0.05, 0) is 63.6 Å². The minimum atomic E-state index is -1.18. The van der Waals surface area contributed by atoms with Crippen LogP contribution in [0.5, 0.6) is 5.75 Å². The number of nitrogens with one attached hydrogen (secondary N) is 2. The summed E-state index contributed by atoms with van der Waals surface area (Å²) in [6.45, 7) is 9.47. The van der Waals surface area contributed by atoms with Crippen LogP contribution in [0.25, 0.3) is 0 Å². The molecule has 7 N–H and O–H groups in total. The molecular weight excluding hydrogens is 440 g/mol. The van der Waals surface area contributed by atoms with E-state index >= 15 is 0 Å². The molecule has 0 unspecified atom stereocenters. The largest absolute Gasteiger partial charge is 0.488 e. The Morgan fingerprint density at radius 3 is 2.03 bits per heavy atom. The number of aliphatic carboxylic acids is 1. The quantitative estimate of drug-likeness (QED) is 0.282. The Bertz CT molecular complexity index is 848. The van der Waals surface area contributed by atoms with Gasteiger partial charge in [0, 0.05) is 6.42 Å². The van der Waals surface area contributed by atoms with E-state index in [9.17, 15) is 24.3 Å². The molecule has 0 aliphatic carbocycles. The highest BCUT2D eigenvalue weighted by atomic mass is 16.5. The molecule has 0 aliphatic heterocycles. The zero-order valence-corrected chi connectivity index (χ0v) is 20.6. The highest BCUT2D eigenvalue weighted by Gasteiger charge is 2.28. The van der Waals surface area contributed by atoms with Crippen LogP contribution in [0.4, 0.5) is 0 Å². The molecule has 0 aliphatic rings. The molecule has 1 rings (SSSR count). The lowest BCUT2D eigenvalue weighted by atomic mass is 10.0. The number of nitrogens with two attached hydrogens (primary N) is 2. The molecule has 3 atom stereocenters. The standard InChI is InChI=1S/C24H38N4O6/c1-14(2)12-19(23(32)33)28-22(31)18(10-11-20(26)29)27-21(30)17(25)13-15-6-8-16(9-7-15)34-24(3,4)5/h6-9,14,17-19H,10-13,25H2,1-5H3,(H2,26,29)(H,27,30)(H,28,31)(H,32,33)/t17-,18-,19-/m0/s1. The van der Waals surface area contributed by atoms with Gasteiger partial charge in [-0.2, -0.15) is 0 Å². The fourth-order valence-electron chi connectivity index (χ4n) is 3.19. The summed E-state index contributed by atoms with van der Waals surface area (Å²) in [5, 5.41) is 14.3. The van der Waals surface area contributed by atoms with Crippen molar-refractivity contribution >= 4 is 23.7 Å². The van der Waals surface area contributed by atoms with Gasteiger partial charge in [0.05, 0.1) is 6.04 Å². The average molecular weight is 479 g/mol. The lowest BCUT2D eigenvalue weighted by Crippen LogP contribution is -2.55. The second kappa shape index (κ2) is 12.9. The molecule has 0 radical (unpaired) electrons. The van der Waals surface area contributed by atoms with E-state index in [4.69, 9.17) is 16.2 Å². The van der Waals surface area contributed by atoms with E-state index in [-0.39, 0.29) is 37.2 Å². The molecule has 10 nitrogen and oxygen atoms in total. The molecule has 0 saturated carbocycles. The third-order valence-electron chi connectivity index (χ3n) is 4.77. The molecule has 34 heavy (non-hydrogen) atoms. The minimum Gasteiger partial charge on any atom is -0.488 e. The van der Waals surface area contributed by atoms with Crippen molar-refractivity contribution in [1.29, 1.82) is 0 Å². The molecule has 0 fully saturated rings. The van der Waals surface area contributed by atoms with E-state index in [2.05, 4.69) is 10.6 Å². The topological polar surface area (TPSA) is 174 Å². The summed E-state index contributed by atoms with van der Waals surface area (Å²) >= 11 is 0. The fourth-order valence-corrected chi connectivity index (χ4v) is 3.19. The summed E-state index contributed by atoms with van der Waals surface area (Å²) in [7, 11) is 0. The first-order chi connectivity index (χ1) is 15.7. The van der Waals surface area contributed by atoms with Crippen molar-refractivity contribution in [3.8, 4) is 5.75 Å². The van der Waals surface area contributed by atoms with Crippen molar-refractivity contribution in [2.45, 2.75) is 84.0 Å². The van der Waals surface area contributed by atoms with Crippen molar-refractivity contribution in [3.63, 3.8) is 0 Å². The van der Waals surface area contributed by atoms with E-state index in [1.54, 1.807) is 24.3 Å². The molecule has 10 heteroatoms. The van der Waals surface area contributed by atoms with Crippen molar-refractivity contribution in [3.05, 3.63) is 29.8 Å². The van der Waals surface area contributed by atoms with Gasteiger partial charge in [-0.3, -0.25) is 14.4 Å². The smallest absolute Gasteiger partial charge is 0.326 e. The van der Waals surface area contributed by atoms with Crippen LogP contribution in [0.1, 0.15) is 59.4 Å². The molecule has 1 aromatic rings. The van der Waals surface area contributed by atoms with E-state index in [0.717, 1.165) is 5.56 Å². The molecule has 0 bridgehead atoms. The number of carbonyl (C=O) groups excluding carboxylic acids is 3. The van der Waals surface area contributed by atoms with Gasteiger partial charge < -0.3 is 31.9 Å². The molecular formula is C24H38N4O6. The second-order valence-corrected chi connectivity index (χ2v) is 9.76. The van der Waals surface area contributed by atoms with Gasteiger partial charge in [0.25, 0.3) is 0 Å². The number of benzene rings is 1. The van der Waals surface area contributed by atoms with Gasteiger partial charge in [-0.1, -0.05) is 26.0 Å². The van der Waals surface area contributed by atoms with Crippen molar-refractivity contribution in [1.82, 2.24) is 10.6 Å². The van der Waals surface area contributed by atoms with Crippen molar-refractivity contribution in [2.24, 2.45) is 17.4 Å². The number of carbonyl (C=O) groups is 4. The normalized spacial score (nSPS) is 14.1. The predicted molar refractivity (Wildman–Crippen MR) is 128 cm³/mol. The zero-order valence-electron chi connectivity index (χ0n) is 20.6. The Kier molecular flexibility index (Phi) is 11.0. The predicted octanol–water partition coefficient (Wildman–Crippen LogP) is 1.10. The number of hydrogen-bond acceptors (Lipinski definition) is 6. The van der Waals surface area contributed by atoms with Gasteiger partial charge in [0.2, 0.25) is 17.7 Å². The first-order valence-corrected chi connectivity index (χ1v) is 11.3. The number of primary amides is 1. The Balaban J connectivity index is 2.83. The molecule has 190 valence electrons.